The van der Waals surface area contributed by atoms with Gasteiger partial charge in [0.25, 0.3) is 0 Å². The molecule has 0 aromatic rings. The summed E-state index contributed by atoms with van der Waals surface area (Å²) in [5.41, 5.74) is 0.352. The van der Waals surface area contributed by atoms with E-state index in [2.05, 4.69) is 33.0 Å². The van der Waals surface area contributed by atoms with Crippen molar-refractivity contribution in [2.45, 2.75) is 65.5 Å². The van der Waals surface area contributed by atoms with Crippen LogP contribution in [0.5, 0.6) is 0 Å². The second kappa shape index (κ2) is 4.84. The van der Waals surface area contributed by atoms with Crippen molar-refractivity contribution >= 4 is 5.97 Å². The lowest BCUT2D eigenvalue weighted by Crippen LogP contribution is -2.38. The van der Waals surface area contributed by atoms with Gasteiger partial charge in [0.15, 0.2) is 0 Å². The van der Waals surface area contributed by atoms with Gasteiger partial charge in [-0.05, 0) is 49.4 Å². The Morgan fingerprint density at radius 2 is 2.00 bits per heavy atom. The van der Waals surface area contributed by atoms with Gasteiger partial charge in [-0.25, -0.2) is 0 Å². The molecule has 1 heterocycles. The highest BCUT2D eigenvalue weighted by Gasteiger charge is 2.46. The third-order valence-electron chi connectivity index (χ3n) is 5.20. The van der Waals surface area contributed by atoms with Crippen molar-refractivity contribution in [3.05, 3.63) is 0 Å². The van der Waals surface area contributed by atoms with E-state index < -0.39 is 5.97 Å². The Kier molecular flexibility index (Phi) is 3.72. The summed E-state index contributed by atoms with van der Waals surface area (Å²) in [6.07, 6.45) is 4.02. The van der Waals surface area contributed by atoms with E-state index >= 15 is 0 Å². The first-order valence-electron chi connectivity index (χ1n) is 7.27. The summed E-state index contributed by atoms with van der Waals surface area (Å²) >= 11 is 0. The number of carboxylic acid groups (broad SMARTS) is 1. The fraction of sp³-hybridized carbons (Fsp3) is 0.933. The molecule has 18 heavy (non-hydrogen) atoms. The lowest BCUT2D eigenvalue weighted by atomic mass is 9.65. The van der Waals surface area contributed by atoms with Crippen LogP contribution in [-0.2, 0) is 4.79 Å². The van der Waals surface area contributed by atoms with Crippen molar-refractivity contribution in [2.75, 3.05) is 0 Å². The van der Waals surface area contributed by atoms with Gasteiger partial charge < -0.3 is 10.4 Å². The highest BCUT2D eigenvalue weighted by Crippen LogP contribution is 2.46. The summed E-state index contributed by atoms with van der Waals surface area (Å²) in [5, 5.41) is 12.7. The van der Waals surface area contributed by atoms with Crippen molar-refractivity contribution in [3.8, 4) is 0 Å². The van der Waals surface area contributed by atoms with Crippen molar-refractivity contribution in [1.82, 2.24) is 5.32 Å². The number of aliphatic carboxylic acids is 1. The summed E-state index contributed by atoms with van der Waals surface area (Å²) in [6.45, 7) is 9.10. The van der Waals surface area contributed by atoms with E-state index in [4.69, 9.17) is 5.11 Å². The molecular formula is C15H27NO2. The number of fused-ring (bicyclic) bond motifs is 1. The minimum atomic E-state index is -0.646. The molecule has 104 valence electrons. The SMILES string of the molecule is CC1NC2CCC(C(C)(C)C)CC2C1CC(=O)O. The molecule has 3 nitrogen and oxygen atoms in total. The van der Waals surface area contributed by atoms with Crippen molar-refractivity contribution in [2.24, 2.45) is 23.2 Å². The zero-order valence-corrected chi connectivity index (χ0v) is 12.1. The van der Waals surface area contributed by atoms with Crippen LogP contribution in [0.3, 0.4) is 0 Å². The molecule has 1 aliphatic carbocycles. The van der Waals surface area contributed by atoms with Crippen LogP contribution in [0.4, 0.5) is 0 Å². The van der Waals surface area contributed by atoms with Gasteiger partial charge in [-0.3, -0.25) is 4.79 Å². The van der Waals surface area contributed by atoms with Gasteiger partial charge in [0.05, 0.1) is 0 Å². The van der Waals surface area contributed by atoms with Gasteiger partial charge in [-0.1, -0.05) is 20.8 Å². The number of rotatable bonds is 2. The Morgan fingerprint density at radius 1 is 1.33 bits per heavy atom. The van der Waals surface area contributed by atoms with E-state index in [1.165, 1.54) is 19.3 Å². The average molecular weight is 253 g/mol. The van der Waals surface area contributed by atoms with Gasteiger partial charge in [0.1, 0.15) is 0 Å². The molecule has 0 radical (unpaired) electrons. The zero-order valence-electron chi connectivity index (χ0n) is 12.1. The Bertz CT molecular complexity index is 321. The molecule has 1 saturated heterocycles. The Hall–Kier alpha value is -0.570. The van der Waals surface area contributed by atoms with Gasteiger partial charge in [0, 0.05) is 18.5 Å². The maximum atomic E-state index is 11.0. The first-order chi connectivity index (χ1) is 8.29. The molecule has 5 unspecified atom stereocenters. The van der Waals surface area contributed by atoms with Gasteiger partial charge in [-0.15, -0.1) is 0 Å². The van der Waals surface area contributed by atoms with Crippen molar-refractivity contribution in [3.63, 3.8) is 0 Å². The molecule has 2 fully saturated rings. The van der Waals surface area contributed by atoms with E-state index in [-0.39, 0.29) is 0 Å². The number of hydrogen-bond acceptors (Lipinski definition) is 2. The van der Waals surface area contributed by atoms with Crippen LogP contribution < -0.4 is 5.32 Å². The third kappa shape index (κ3) is 2.71. The lowest BCUT2D eigenvalue weighted by molar-refractivity contribution is -0.138. The fourth-order valence-electron chi connectivity index (χ4n) is 4.03. The Morgan fingerprint density at radius 3 is 2.56 bits per heavy atom. The molecule has 0 bridgehead atoms. The second-order valence-electron chi connectivity index (χ2n) is 7.36. The van der Waals surface area contributed by atoms with Gasteiger partial charge in [-0.2, -0.15) is 0 Å². The highest BCUT2D eigenvalue weighted by molar-refractivity contribution is 5.67. The molecule has 0 aromatic carbocycles. The van der Waals surface area contributed by atoms with Crippen LogP contribution in [0.2, 0.25) is 0 Å². The van der Waals surface area contributed by atoms with Crippen LogP contribution in [0.1, 0.15) is 53.4 Å². The highest BCUT2D eigenvalue weighted by atomic mass is 16.4. The van der Waals surface area contributed by atoms with E-state index in [0.29, 0.717) is 35.8 Å². The topological polar surface area (TPSA) is 49.3 Å². The summed E-state index contributed by atoms with van der Waals surface area (Å²) in [4.78, 5) is 11.0. The molecular weight excluding hydrogens is 226 g/mol. The molecule has 0 amide bonds. The normalized spacial score (nSPS) is 40.6. The quantitative estimate of drug-likeness (QED) is 0.795. The zero-order chi connectivity index (χ0) is 13.5. The number of nitrogens with one attached hydrogen (secondary N) is 1. The monoisotopic (exact) mass is 253 g/mol. The van der Waals surface area contributed by atoms with E-state index in [0.717, 1.165) is 5.92 Å². The molecule has 3 heteroatoms. The van der Waals surface area contributed by atoms with E-state index in [1.807, 2.05) is 0 Å². The third-order valence-corrected chi connectivity index (χ3v) is 5.20. The summed E-state index contributed by atoms with van der Waals surface area (Å²) < 4.78 is 0. The predicted molar refractivity (Wildman–Crippen MR) is 72.4 cm³/mol. The molecule has 2 N–H and O–H groups in total. The molecule has 1 saturated carbocycles. The summed E-state index contributed by atoms with van der Waals surface area (Å²) in [7, 11) is 0. The van der Waals surface area contributed by atoms with Crippen LogP contribution in [0.15, 0.2) is 0 Å². The first kappa shape index (κ1) is 13.9. The van der Waals surface area contributed by atoms with Gasteiger partial charge in [0.2, 0.25) is 0 Å². The van der Waals surface area contributed by atoms with Gasteiger partial charge >= 0.3 is 5.97 Å². The minimum absolute atomic E-state index is 0.317. The molecule has 2 rings (SSSR count). The lowest BCUT2D eigenvalue weighted by Gasteiger charge is -2.40. The van der Waals surface area contributed by atoms with Crippen LogP contribution in [-0.4, -0.2) is 23.2 Å². The largest absolute Gasteiger partial charge is 0.481 e. The maximum absolute atomic E-state index is 11.0. The average Bonchev–Trinajstić information content (AvgIpc) is 2.53. The fourth-order valence-corrected chi connectivity index (χ4v) is 4.03. The summed E-state index contributed by atoms with van der Waals surface area (Å²) in [6, 6.07) is 0.915. The Labute approximate surface area is 110 Å². The number of carboxylic acids is 1. The predicted octanol–water partition coefficient (Wildman–Crippen LogP) is 2.90. The Balaban J connectivity index is 2.08. The minimum Gasteiger partial charge on any atom is -0.481 e. The standard InChI is InChI=1S/C15H27NO2/c1-9-11(8-14(17)18)12-7-10(15(2,3)4)5-6-13(12)16-9/h9-13,16H,5-8H2,1-4H3,(H,17,18). The van der Waals surface area contributed by atoms with Crippen LogP contribution >= 0.6 is 0 Å². The number of hydrogen-bond donors (Lipinski definition) is 2. The first-order valence-corrected chi connectivity index (χ1v) is 7.27. The summed E-state index contributed by atoms with van der Waals surface area (Å²) in [5.74, 6) is 0.973. The molecule has 1 aliphatic heterocycles. The van der Waals surface area contributed by atoms with E-state index in [9.17, 15) is 4.79 Å². The van der Waals surface area contributed by atoms with Crippen molar-refractivity contribution < 1.29 is 9.90 Å². The molecule has 0 spiro atoms. The van der Waals surface area contributed by atoms with Crippen molar-refractivity contribution in [1.29, 1.82) is 0 Å². The molecule has 5 atom stereocenters. The second-order valence-corrected chi connectivity index (χ2v) is 7.36. The number of carbonyl (C=O) groups is 1. The smallest absolute Gasteiger partial charge is 0.303 e. The van der Waals surface area contributed by atoms with E-state index in [1.54, 1.807) is 0 Å². The van der Waals surface area contributed by atoms with Crippen LogP contribution in [0, 0.1) is 23.2 Å². The maximum Gasteiger partial charge on any atom is 0.303 e. The molecule has 2 aliphatic rings. The van der Waals surface area contributed by atoms with Crippen LogP contribution in [0.25, 0.3) is 0 Å². The molecule has 0 aromatic heterocycles.